The van der Waals surface area contributed by atoms with Crippen molar-refractivity contribution in [1.82, 2.24) is 15.2 Å². The van der Waals surface area contributed by atoms with Gasteiger partial charge in [-0.2, -0.15) is 5.10 Å². The SMILES string of the molecule is Cc1cc(C(CCc2cnn(C)c2)NN)sc1Br. The number of nitrogens with zero attached hydrogens (tertiary/aromatic N) is 2. The monoisotopic (exact) mass is 328 g/mol. The minimum absolute atomic E-state index is 0.195. The van der Waals surface area contributed by atoms with Gasteiger partial charge in [0.1, 0.15) is 0 Å². The second kappa shape index (κ2) is 5.97. The van der Waals surface area contributed by atoms with Gasteiger partial charge in [0.2, 0.25) is 0 Å². The van der Waals surface area contributed by atoms with Gasteiger partial charge in [-0.15, -0.1) is 11.3 Å². The molecule has 1 atom stereocenters. The van der Waals surface area contributed by atoms with E-state index in [0.717, 1.165) is 12.8 Å². The predicted octanol–water partition coefficient (Wildman–Crippen LogP) is 2.69. The maximum Gasteiger partial charge on any atom is 0.0731 e. The quantitative estimate of drug-likeness (QED) is 0.655. The Balaban J connectivity index is 2.01. The first kappa shape index (κ1) is 13.7. The van der Waals surface area contributed by atoms with Crippen molar-refractivity contribution in [2.75, 3.05) is 0 Å². The summed E-state index contributed by atoms with van der Waals surface area (Å²) in [5, 5.41) is 4.17. The number of thiophene rings is 1. The summed E-state index contributed by atoms with van der Waals surface area (Å²) in [5.41, 5.74) is 5.40. The van der Waals surface area contributed by atoms with Gasteiger partial charge in [0.05, 0.1) is 16.0 Å². The number of halogens is 1. The lowest BCUT2D eigenvalue weighted by Gasteiger charge is -2.13. The van der Waals surface area contributed by atoms with Crippen LogP contribution in [0.15, 0.2) is 22.2 Å². The zero-order valence-electron chi connectivity index (χ0n) is 10.5. The van der Waals surface area contributed by atoms with E-state index in [1.165, 1.54) is 19.8 Å². The van der Waals surface area contributed by atoms with Gasteiger partial charge in [-0.25, -0.2) is 0 Å². The average Bonchev–Trinajstić information content (AvgIpc) is 2.88. The van der Waals surface area contributed by atoms with Crippen LogP contribution in [0.3, 0.4) is 0 Å². The van der Waals surface area contributed by atoms with Gasteiger partial charge in [0, 0.05) is 18.1 Å². The zero-order valence-corrected chi connectivity index (χ0v) is 12.9. The number of hydrogen-bond acceptors (Lipinski definition) is 4. The average molecular weight is 329 g/mol. The molecule has 0 spiro atoms. The fourth-order valence-corrected chi connectivity index (χ4v) is 3.54. The van der Waals surface area contributed by atoms with Crippen molar-refractivity contribution in [2.24, 2.45) is 12.9 Å². The summed E-state index contributed by atoms with van der Waals surface area (Å²) < 4.78 is 3.01. The third-order valence-corrected chi connectivity index (χ3v) is 5.15. The van der Waals surface area contributed by atoms with Crippen LogP contribution in [0.2, 0.25) is 0 Å². The molecule has 0 saturated heterocycles. The maximum atomic E-state index is 5.65. The second-order valence-corrected chi connectivity index (χ2v) is 6.79. The highest BCUT2D eigenvalue weighted by Crippen LogP contribution is 2.32. The molecule has 0 aliphatic rings. The van der Waals surface area contributed by atoms with Crippen LogP contribution in [0, 0.1) is 6.92 Å². The molecule has 0 aromatic carbocycles. The molecule has 2 heterocycles. The van der Waals surface area contributed by atoms with Crippen LogP contribution in [-0.2, 0) is 13.5 Å². The van der Waals surface area contributed by atoms with E-state index in [4.69, 9.17) is 5.84 Å². The Morgan fingerprint density at radius 1 is 1.61 bits per heavy atom. The standard InChI is InChI=1S/C12H17BrN4S/c1-8-5-11(18-12(8)13)10(16-14)4-3-9-6-15-17(2)7-9/h5-7,10,16H,3-4,14H2,1-2H3. The molecule has 0 aliphatic carbocycles. The van der Waals surface area contributed by atoms with Crippen molar-refractivity contribution in [3.63, 3.8) is 0 Å². The highest BCUT2D eigenvalue weighted by molar-refractivity contribution is 9.11. The van der Waals surface area contributed by atoms with E-state index in [2.05, 4.69) is 39.4 Å². The van der Waals surface area contributed by atoms with Crippen LogP contribution in [-0.4, -0.2) is 9.78 Å². The maximum absolute atomic E-state index is 5.65. The first-order valence-corrected chi connectivity index (χ1v) is 7.40. The molecule has 2 rings (SSSR count). The molecule has 0 fully saturated rings. The molecule has 1 unspecified atom stereocenters. The summed E-state index contributed by atoms with van der Waals surface area (Å²) in [5.74, 6) is 5.65. The number of nitrogens with one attached hydrogen (secondary N) is 1. The number of hydrazine groups is 1. The molecule has 98 valence electrons. The third-order valence-electron chi connectivity index (χ3n) is 2.90. The summed E-state index contributed by atoms with van der Waals surface area (Å²) in [4.78, 5) is 1.27. The lowest BCUT2D eigenvalue weighted by molar-refractivity contribution is 0.524. The van der Waals surface area contributed by atoms with Gasteiger partial charge in [-0.3, -0.25) is 16.0 Å². The fourth-order valence-electron chi connectivity index (χ4n) is 1.87. The van der Waals surface area contributed by atoms with Gasteiger partial charge in [-0.1, -0.05) is 0 Å². The summed E-state index contributed by atoms with van der Waals surface area (Å²) in [6.07, 6.45) is 5.89. The van der Waals surface area contributed by atoms with E-state index in [9.17, 15) is 0 Å². The van der Waals surface area contributed by atoms with E-state index in [0.29, 0.717) is 0 Å². The molecule has 3 N–H and O–H groups in total. The number of aromatic nitrogens is 2. The van der Waals surface area contributed by atoms with Gasteiger partial charge < -0.3 is 0 Å². The smallest absolute Gasteiger partial charge is 0.0731 e. The topological polar surface area (TPSA) is 55.9 Å². The van der Waals surface area contributed by atoms with E-state index < -0.39 is 0 Å². The molecule has 0 bridgehead atoms. The molecule has 0 radical (unpaired) electrons. The first-order valence-electron chi connectivity index (χ1n) is 5.79. The Hall–Kier alpha value is -0.690. The number of rotatable bonds is 5. The Labute approximate surface area is 119 Å². The fraction of sp³-hybridized carbons (Fsp3) is 0.417. The van der Waals surface area contributed by atoms with Gasteiger partial charge in [0.25, 0.3) is 0 Å². The van der Waals surface area contributed by atoms with Gasteiger partial charge in [0.15, 0.2) is 0 Å². The molecule has 0 saturated carbocycles. The molecular formula is C12H17BrN4S. The van der Waals surface area contributed by atoms with Crippen LogP contribution in [0.5, 0.6) is 0 Å². The summed E-state index contributed by atoms with van der Waals surface area (Å²) >= 11 is 5.29. The molecular weight excluding hydrogens is 312 g/mol. The summed E-state index contributed by atoms with van der Waals surface area (Å²) in [6, 6.07) is 2.38. The molecule has 0 amide bonds. The van der Waals surface area contributed by atoms with E-state index in [-0.39, 0.29) is 6.04 Å². The van der Waals surface area contributed by atoms with Crippen molar-refractivity contribution in [3.8, 4) is 0 Å². The van der Waals surface area contributed by atoms with Gasteiger partial charge in [-0.05, 0) is 52.9 Å². The Bertz CT molecular complexity index is 500. The number of nitrogens with two attached hydrogens (primary N) is 1. The molecule has 0 aliphatic heterocycles. The Kier molecular flexibility index (Phi) is 4.55. The number of aryl methyl sites for hydroxylation is 3. The molecule has 18 heavy (non-hydrogen) atoms. The van der Waals surface area contributed by atoms with Crippen molar-refractivity contribution in [2.45, 2.75) is 25.8 Å². The molecule has 6 heteroatoms. The molecule has 2 aromatic rings. The molecule has 4 nitrogen and oxygen atoms in total. The summed E-state index contributed by atoms with van der Waals surface area (Å²) in [7, 11) is 1.93. The van der Waals surface area contributed by atoms with Crippen molar-refractivity contribution >= 4 is 27.3 Å². The normalized spacial score (nSPS) is 12.9. The van der Waals surface area contributed by atoms with Crippen LogP contribution in [0.4, 0.5) is 0 Å². The van der Waals surface area contributed by atoms with E-state index in [1.807, 2.05) is 24.1 Å². The first-order chi connectivity index (χ1) is 8.60. The largest absolute Gasteiger partial charge is 0.276 e. The van der Waals surface area contributed by atoms with Crippen LogP contribution >= 0.6 is 27.3 Å². The van der Waals surface area contributed by atoms with Crippen molar-refractivity contribution in [3.05, 3.63) is 38.3 Å². The number of hydrogen-bond donors (Lipinski definition) is 2. The molecule has 2 aromatic heterocycles. The van der Waals surface area contributed by atoms with Crippen LogP contribution in [0.1, 0.15) is 28.5 Å². The Morgan fingerprint density at radius 3 is 2.89 bits per heavy atom. The van der Waals surface area contributed by atoms with E-state index >= 15 is 0 Å². The summed E-state index contributed by atoms with van der Waals surface area (Å²) in [6.45, 7) is 2.10. The highest BCUT2D eigenvalue weighted by atomic mass is 79.9. The van der Waals surface area contributed by atoms with Crippen molar-refractivity contribution < 1.29 is 0 Å². The zero-order chi connectivity index (χ0) is 13.1. The van der Waals surface area contributed by atoms with Crippen LogP contribution < -0.4 is 11.3 Å². The Morgan fingerprint density at radius 2 is 2.39 bits per heavy atom. The van der Waals surface area contributed by atoms with Gasteiger partial charge >= 0.3 is 0 Å². The minimum atomic E-state index is 0.195. The lowest BCUT2D eigenvalue weighted by atomic mass is 10.1. The van der Waals surface area contributed by atoms with Crippen molar-refractivity contribution in [1.29, 1.82) is 0 Å². The second-order valence-electron chi connectivity index (χ2n) is 4.39. The van der Waals surface area contributed by atoms with E-state index in [1.54, 1.807) is 11.3 Å². The predicted molar refractivity (Wildman–Crippen MR) is 78.3 cm³/mol. The van der Waals surface area contributed by atoms with Crippen LogP contribution in [0.25, 0.3) is 0 Å². The minimum Gasteiger partial charge on any atom is -0.276 e. The third kappa shape index (κ3) is 3.20. The highest BCUT2D eigenvalue weighted by Gasteiger charge is 2.14. The lowest BCUT2D eigenvalue weighted by Crippen LogP contribution is -2.27.